The Kier molecular flexibility index (Phi) is 3.05. The van der Waals surface area contributed by atoms with Crippen molar-refractivity contribution < 1.29 is 4.79 Å². The molecule has 1 N–H and O–H groups in total. The number of halogens is 1. The van der Waals surface area contributed by atoms with Crippen molar-refractivity contribution in [3.05, 3.63) is 47.0 Å². The summed E-state index contributed by atoms with van der Waals surface area (Å²) in [6, 6.07) is 9.28. The highest BCUT2D eigenvalue weighted by Crippen LogP contribution is 2.11. The van der Waals surface area contributed by atoms with Crippen LogP contribution in [0.3, 0.4) is 0 Å². The number of hydrogen-bond donors (Lipinski definition) is 1. The average molecular weight is 280 g/mol. The molecule has 0 bridgehead atoms. The monoisotopic (exact) mass is 279 g/mol. The number of rotatable bonds is 2. The van der Waals surface area contributed by atoms with Gasteiger partial charge in [-0.1, -0.05) is 18.2 Å². The number of para-hydroxylation sites is 1. The van der Waals surface area contributed by atoms with Gasteiger partial charge in [0.2, 0.25) is 0 Å². The summed E-state index contributed by atoms with van der Waals surface area (Å²) in [5, 5.41) is 2.77. The molecule has 0 aliphatic rings. The van der Waals surface area contributed by atoms with E-state index in [0.717, 1.165) is 5.69 Å². The molecule has 4 nitrogen and oxygen atoms in total. The van der Waals surface area contributed by atoms with Gasteiger partial charge in [0.25, 0.3) is 5.91 Å². The van der Waals surface area contributed by atoms with Crippen molar-refractivity contribution in [1.29, 1.82) is 0 Å². The molecule has 0 fully saturated rings. The lowest BCUT2D eigenvalue weighted by Gasteiger charge is -2.03. The van der Waals surface area contributed by atoms with E-state index in [0.29, 0.717) is 10.4 Å². The fraction of sp³-hybridized carbons (Fsp3) is 0.0909. The first kappa shape index (κ1) is 10.9. The lowest BCUT2D eigenvalue weighted by atomic mass is 10.3. The largest absolute Gasteiger partial charge is 0.329 e. The molecule has 0 spiro atoms. The van der Waals surface area contributed by atoms with E-state index in [4.69, 9.17) is 0 Å². The van der Waals surface area contributed by atoms with E-state index in [2.05, 4.69) is 26.2 Å². The first-order chi connectivity index (χ1) is 7.66. The van der Waals surface area contributed by atoms with Crippen molar-refractivity contribution in [2.75, 3.05) is 5.32 Å². The van der Waals surface area contributed by atoms with Crippen molar-refractivity contribution >= 4 is 27.5 Å². The highest BCUT2D eigenvalue weighted by molar-refractivity contribution is 9.10. The highest BCUT2D eigenvalue weighted by atomic mass is 79.9. The molecule has 1 heterocycles. The van der Waals surface area contributed by atoms with Crippen LogP contribution in [0.4, 0.5) is 5.69 Å². The molecule has 0 aliphatic carbocycles. The maximum Gasteiger partial charge on any atom is 0.291 e. The maximum absolute atomic E-state index is 11.8. The molecule has 5 heteroatoms. The van der Waals surface area contributed by atoms with Crippen LogP contribution in [0.2, 0.25) is 0 Å². The predicted octanol–water partition coefficient (Wildman–Crippen LogP) is 2.43. The molecule has 0 aliphatic heterocycles. The number of anilines is 1. The van der Waals surface area contributed by atoms with Crippen LogP contribution in [-0.2, 0) is 7.05 Å². The van der Waals surface area contributed by atoms with E-state index in [9.17, 15) is 4.79 Å². The Morgan fingerprint density at radius 3 is 2.62 bits per heavy atom. The number of benzene rings is 1. The first-order valence-electron chi connectivity index (χ1n) is 4.72. The van der Waals surface area contributed by atoms with Gasteiger partial charge >= 0.3 is 0 Å². The predicted molar refractivity (Wildman–Crippen MR) is 65.3 cm³/mol. The number of imidazole rings is 1. The molecule has 1 amide bonds. The van der Waals surface area contributed by atoms with Gasteiger partial charge in [-0.25, -0.2) is 4.98 Å². The van der Waals surface area contributed by atoms with Crippen molar-refractivity contribution in [1.82, 2.24) is 9.55 Å². The molecule has 2 aromatic rings. The Morgan fingerprint density at radius 2 is 2.06 bits per heavy atom. The third kappa shape index (κ3) is 2.30. The number of nitrogens with one attached hydrogen (secondary N) is 1. The molecule has 0 radical (unpaired) electrons. The molecule has 0 atom stereocenters. The Bertz CT molecular complexity index is 507. The molecule has 1 aromatic carbocycles. The van der Waals surface area contributed by atoms with Crippen molar-refractivity contribution in [2.24, 2.45) is 7.05 Å². The number of carbonyl (C=O) groups excluding carboxylic acids is 1. The summed E-state index contributed by atoms with van der Waals surface area (Å²) < 4.78 is 2.32. The van der Waals surface area contributed by atoms with E-state index in [1.54, 1.807) is 17.8 Å². The summed E-state index contributed by atoms with van der Waals surface area (Å²) >= 11 is 3.22. The van der Waals surface area contributed by atoms with Crippen molar-refractivity contribution in [3.8, 4) is 0 Å². The van der Waals surface area contributed by atoms with Crippen molar-refractivity contribution in [3.63, 3.8) is 0 Å². The zero-order valence-corrected chi connectivity index (χ0v) is 10.2. The highest BCUT2D eigenvalue weighted by Gasteiger charge is 2.12. The van der Waals surface area contributed by atoms with Crippen LogP contribution in [0.1, 0.15) is 10.6 Å². The van der Waals surface area contributed by atoms with Crippen LogP contribution in [-0.4, -0.2) is 15.5 Å². The Morgan fingerprint density at radius 1 is 1.38 bits per heavy atom. The number of amides is 1. The number of carbonyl (C=O) groups is 1. The zero-order chi connectivity index (χ0) is 11.5. The van der Waals surface area contributed by atoms with Gasteiger partial charge < -0.3 is 9.88 Å². The SMILES string of the molecule is Cn1cc(Br)nc1C(=O)Nc1ccccc1. The van der Waals surface area contributed by atoms with E-state index < -0.39 is 0 Å². The van der Waals surface area contributed by atoms with Gasteiger partial charge in [0, 0.05) is 18.9 Å². The molecular formula is C11H10BrN3O. The van der Waals surface area contributed by atoms with Crippen LogP contribution in [0.5, 0.6) is 0 Å². The third-order valence-corrected chi connectivity index (χ3v) is 2.46. The molecule has 0 unspecified atom stereocenters. The minimum absolute atomic E-state index is 0.223. The summed E-state index contributed by atoms with van der Waals surface area (Å²) in [4.78, 5) is 15.9. The summed E-state index contributed by atoms with van der Waals surface area (Å²) in [5.74, 6) is 0.148. The lowest BCUT2D eigenvalue weighted by molar-refractivity contribution is 0.101. The lowest BCUT2D eigenvalue weighted by Crippen LogP contribution is -2.16. The van der Waals surface area contributed by atoms with Crippen LogP contribution in [0.25, 0.3) is 0 Å². The Hall–Kier alpha value is -1.62. The second kappa shape index (κ2) is 4.49. The molecule has 2 rings (SSSR count). The first-order valence-corrected chi connectivity index (χ1v) is 5.51. The van der Waals surface area contributed by atoms with Gasteiger partial charge in [0.05, 0.1) is 0 Å². The summed E-state index contributed by atoms with van der Waals surface area (Å²) in [7, 11) is 1.78. The topological polar surface area (TPSA) is 46.9 Å². The van der Waals surface area contributed by atoms with E-state index in [1.165, 1.54) is 0 Å². The fourth-order valence-corrected chi connectivity index (χ4v) is 1.82. The fourth-order valence-electron chi connectivity index (χ4n) is 1.35. The minimum atomic E-state index is -0.223. The summed E-state index contributed by atoms with van der Waals surface area (Å²) in [6.07, 6.45) is 1.74. The quantitative estimate of drug-likeness (QED) is 0.918. The van der Waals surface area contributed by atoms with Crippen molar-refractivity contribution in [2.45, 2.75) is 0 Å². The zero-order valence-electron chi connectivity index (χ0n) is 8.64. The second-order valence-corrected chi connectivity index (χ2v) is 4.13. The van der Waals surface area contributed by atoms with Crippen LogP contribution >= 0.6 is 15.9 Å². The minimum Gasteiger partial charge on any atom is -0.329 e. The molecule has 0 saturated carbocycles. The van der Waals surface area contributed by atoms with Crippen LogP contribution < -0.4 is 5.32 Å². The van der Waals surface area contributed by atoms with Gasteiger partial charge in [-0.05, 0) is 28.1 Å². The standard InChI is InChI=1S/C11H10BrN3O/c1-15-7-9(12)14-10(15)11(16)13-8-5-3-2-4-6-8/h2-7H,1H3,(H,13,16). The molecule has 1 aromatic heterocycles. The van der Waals surface area contributed by atoms with E-state index in [-0.39, 0.29) is 5.91 Å². The molecule has 16 heavy (non-hydrogen) atoms. The summed E-state index contributed by atoms with van der Waals surface area (Å²) in [6.45, 7) is 0. The van der Waals surface area contributed by atoms with E-state index in [1.807, 2.05) is 30.3 Å². The smallest absolute Gasteiger partial charge is 0.291 e. The normalized spacial score (nSPS) is 10.1. The third-order valence-electron chi connectivity index (χ3n) is 2.08. The van der Waals surface area contributed by atoms with Gasteiger partial charge in [0.15, 0.2) is 5.82 Å². The summed E-state index contributed by atoms with van der Waals surface area (Å²) in [5.41, 5.74) is 0.756. The number of nitrogens with zero attached hydrogens (tertiary/aromatic N) is 2. The molecule has 82 valence electrons. The molecular weight excluding hydrogens is 270 g/mol. The second-order valence-electron chi connectivity index (χ2n) is 3.32. The van der Waals surface area contributed by atoms with Gasteiger partial charge in [-0.2, -0.15) is 0 Å². The van der Waals surface area contributed by atoms with Gasteiger partial charge in [0.1, 0.15) is 4.60 Å². The van der Waals surface area contributed by atoms with E-state index >= 15 is 0 Å². The van der Waals surface area contributed by atoms with Crippen LogP contribution in [0.15, 0.2) is 41.1 Å². The number of aromatic nitrogens is 2. The Labute approximate surface area is 101 Å². The maximum atomic E-state index is 11.8. The number of aryl methyl sites for hydroxylation is 1. The number of hydrogen-bond acceptors (Lipinski definition) is 2. The Balaban J connectivity index is 2.18. The average Bonchev–Trinajstić information content (AvgIpc) is 2.59. The molecule has 0 saturated heterocycles. The van der Waals surface area contributed by atoms with Crippen LogP contribution in [0, 0.1) is 0 Å². The van der Waals surface area contributed by atoms with Gasteiger partial charge in [-0.15, -0.1) is 0 Å². The van der Waals surface area contributed by atoms with Gasteiger partial charge in [-0.3, -0.25) is 4.79 Å².